The number of aryl methyl sites for hydroxylation is 1. The minimum absolute atomic E-state index is 0.307. The van der Waals surface area contributed by atoms with Crippen molar-refractivity contribution in [2.45, 2.75) is 20.0 Å². The van der Waals surface area contributed by atoms with Gasteiger partial charge in [0, 0.05) is 18.2 Å². The van der Waals surface area contributed by atoms with Crippen molar-refractivity contribution < 1.29 is 13.9 Å². The third-order valence-corrected chi connectivity index (χ3v) is 3.90. The van der Waals surface area contributed by atoms with Crippen molar-refractivity contribution in [1.82, 2.24) is 9.97 Å². The summed E-state index contributed by atoms with van der Waals surface area (Å²) in [5.74, 6) is 0.499. The molecule has 0 atom stereocenters. The average molecular weight is 332 g/mol. The molecule has 0 aliphatic carbocycles. The molecule has 120 valence electrons. The van der Waals surface area contributed by atoms with Gasteiger partial charge in [0.15, 0.2) is 10.7 Å². The molecular formula is C15H16N4O3S. The van der Waals surface area contributed by atoms with E-state index in [-0.39, 0.29) is 6.03 Å². The van der Waals surface area contributed by atoms with E-state index in [1.807, 2.05) is 12.3 Å². The monoisotopic (exact) mass is 332 g/mol. The van der Waals surface area contributed by atoms with Gasteiger partial charge < -0.3 is 14.5 Å². The largest absolute Gasteiger partial charge is 0.438 e. The molecule has 0 aliphatic heterocycles. The van der Waals surface area contributed by atoms with Crippen molar-refractivity contribution in [3.05, 3.63) is 35.2 Å². The molecule has 7 nitrogen and oxygen atoms in total. The molecular weight excluding hydrogens is 316 g/mol. The van der Waals surface area contributed by atoms with Crippen LogP contribution in [0.25, 0.3) is 11.1 Å². The summed E-state index contributed by atoms with van der Waals surface area (Å²) < 4.78 is 10.5. The Bertz CT molecular complexity index is 827. The molecule has 23 heavy (non-hydrogen) atoms. The summed E-state index contributed by atoms with van der Waals surface area (Å²) in [6.07, 6.45) is 0.840. The third kappa shape index (κ3) is 3.66. The highest BCUT2D eigenvalue weighted by Gasteiger charge is 2.09. The highest BCUT2D eigenvalue weighted by molar-refractivity contribution is 7.13. The fraction of sp³-hybridized carbons (Fsp3) is 0.267. The number of fused-ring (bicyclic) bond motifs is 1. The smallest absolute Gasteiger partial charge is 0.325 e. The summed E-state index contributed by atoms with van der Waals surface area (Å²) in [6, 6.07) is 4.91. The number of urea groups is 1. The first-order valence-corrected chi connectivity index (χ1v) is 7.96. The van der Waals surface area contributed by atoms with E-state index in [1.54, 1.807) is 25.3 Å². The van der Waals surface area contributed by atoms with E-state index in [0.717, 1.165) is 12.1 Å². The van der Waals surface area contributed by atoms with Crippen LogP contribution in [-0.2, 0) is 17.8 Å². The normalized spacial score (nSPS) is 10.9. The van der Waals surface area contributed by atoms with Crippen molar-refractivity contribution in [2.24, 2.45) is 0 Å². The van der Waals surface area contributed by atoms with Crippen LogP contribution in [0.5, 0.6) is 0 Å². The minimum atomic E-state index is -0.345. The van der Waals surface area contributed by atoms with Crippen LogP contribution in [0.2, 0.25) is 0 Å². The Balaban J connectivity index is 1.68. The molecule has 3 rings (SSSR count). The highest BCUT2D eigenvalue weighted by atomic mass is 32.1. The number of rotatable bonds is 5. The molecule has 2 aromatic heterocycles. The Morgan fingerprint density at radius 2 is 2.22 bits per heavy atom. The van der Waals surface area contributed by atoms with Crippen molar-refractivity contribution in [3.8, 4) is 0 Å². The lowest BCUT2D eigenvalue weighted by Gasteiger charge is -2.04. The zero-order valence-corrected chi connectivity index (χ0v) is 13.6. The highest BCUT2D eigenvalue weighted by Crippen LogP contribution is 2.21. The number of benzene rings is 1. The van der Waals surface area contributed by atoms with Crippen LogP contribution >= 0.6 is 11.3 Å². The number of aromatic nitrogens is 2. The van der Waals surface area contributed by atoms with Crippen molar-refractivity contribution in [2.75, 3.05) is 17.7 Å². The molecule has 0 saturated heterocycles. The summed E-state index contributed by atoms with van der Waals surface area (Å²) in [5.41, 5.74) is 2.90. The number of oxazole rings is 1. The summed E-state index contributed by atoms with van der Waals surface area (Å²) >= 11 is 1.40. The maximum atomic E-state index is 12.0. The van der Waals surface area contributed by atoms with Crippen molar-refractivity contribution >= 4 is 39.3 Å². The van der Waals surface area contributed by atoms with E-state index in [9.17, 15) is 4.79 Å². The number of amides is 2. The molecule has 0 saturated carbocycles. The summed E-state index contributed by atoms with van der Waals surface area (Å²) in [4.78, 5) is 20.6. The van der Waals surface area contributed by atoms with E-state index >= 15 is 0 Å². The van der Waals surface area contributed by atoms with Crippen LogP contribution in [0.3, 0.4) is 0 Å². The van der Waals surface area contributed by atoms with Gasteiger partial charge in [-0.2, -0.15) is 0 Å². The predicted molar refractivity (Wildman–Crippen MR) is 88.9 cm³/mol. The quantitative estimate of drug-likeness (QED) is 0.744. The number of thiazole rings is 1. The molecule has 0 fully saturated rings. The molecule has 0 spiro atoms. The van der Waals surface area contributed by atoms with E-state index in [2.05, 4.69) is 20.6 Å². The lowest BCUT2D eigenvalue weighted by Crippen LogP contribution is -2.19. The topological polar surface area (TPSA) is 89.3 Å². The van der Waals surface area contributed by atoms with Crippen LogP contribution < -0.4 is 10.6 Å². The molecule has 0 bridgehead atoms. The second-order valence-corrected chi connectivity index (χ2v) is 5.66. The summed E-state index contributed by atoms with van der Waals surface area (Å²) in [6.45, 7) is 2.33. The maximum Gasteiger partial charge on any atom is 0.325 e. The maximum absolute atomic E-state index is 12.0. The van der Waals surface area contributed by atoms with E-state index in [0.29, 0.717) is 34.4 Å². The molecule has 0 radical (unpaired) electrons. The van der Waals surface area contributed by atoms with Crippen LogP contribution in [0.1, 0.15) is 18.5 Å². The van der Waals surface area contributed by atoms with Gasteiger partial charge in [0.25, 0.3) is 0 Å². The van der Waals surface area contributed by atoms with Crippen molar-refractivity contribution in [1.29, 1.82) is 0 Å². The Labute approximate surface area is 136 Å². The summed E-state index contributed by atoms with van der Waals surface area (Å²) in [7, 11) is 1.58. The van der Waals surface area contributed by atoms with E-state index in [1.165, 1.54) is 11.3 Å². The van der Waals surface area contributed by atoms with Crippen LogP contribution in [0.15, 0.2) is 28.0 Å². The van der Waals surface area contributed by atoms with Gasteiger partial charge in [0.1, 0.15) is 12.1 Å². The van der Waals surface area contributed by atoms with Gasteiger partial charge in [0.2, 0.25) is 5.89 Å². The Hall–Kier alpha value is -2.45. The number of nitrogens with zero attached hydrogens (tertiary/aromatic N) is 2. The van der Waals surface area contributed by atoms with Gasteiger partial charge in [-0.1, -0.05) is 6.92 Å². The zero-order valence-electron chi connectivity index (χ0n) is 12.8. The molecule has 0 aliphatic rings. The summed E-state index contributed by atoms with van der Waals surface area (Å²) in [5, 5.41) is 7.97. The van der Waals surface area contributed by atoms with Crippen LogP contribution in [0, 0.1) is 0 Å². The lowest BCUT2D eigenvalue weighted by atomic mass is 10.3. The van der Waals surface area contributed by atoms with E-state index < -0.39 is 0 Å². The molecule has 2 amide bonds. The second-order valence-electron chi connectivity index (χ2n) is 4.80. The number of carbonyl (C=O) groups excluding carboxylic acids is 1. The van der Waals surface area contributed by atoms with E-state index in [4.69, 9.17) is 9.15 Å². The lowest BCUT2D eigenvalue weighted by molar-refractivity contribution is 0.161. The average Bonchev–Trinajstić information content (AvgIpc) is 3.13. The Kier molecular flexibility index (Phi) is 4.54. The van der Waals surface area contributed by atoms with Gasteiger partial charge in [0.05, 0.1) is 5.69 Å². The molecule has 1 aromatic carbocycles. The Morgan fingerprint density at radius 1 is 1.35 bits per heavy atom. The van der Waals surface area contributed by atoms with Crippen molar-refractivity contribution in [3.63, 3.8) is 0 Å². The SMILES string of the molecule is CCc1csc(NC(=O)Nc2ccc3oc(COC)nc3c2)n1. The predicted octanol–water partition coefficient (Wildman–Crippen LogP) is 3.64. The fourth-order valence-corrected chi connectivity index (χ4v) is 2.81. The first-order chi connectivity index (χ1) is 11.2. The zero-order chi connectivity index (χ0) is 16.2. The fourth-order valence-electron chi connectivity index (χ4n) is 2.02. The second kappa shape index (κ2) is 6.76. The third-order valence-electron chi connectivity index (χ3n) is 3.09. The number of methoxy groups -OCH3 is 1. The Morgan fingerprint density at radius 3 is 2.96 bits per heavy atom. The molecule has 8 heteroatoms. The molecule has 2 heterocycles. The minimum Gasteiger partial charge on any atom is -0.438 e. The first kappa shape index (κ1) is 15.4. The van der Waals surface area contributed by atoms with Gasteiger partial charge in [-0.05, 0) is 24.6 Å². The molecule has 3 aromatic rings. The number of nitrogens with one attached hydrogen (secondary N) is 2. The van der Waals surface area contributed by atoms with Gasteiger partial charge in [-0.15, -0.1) is 11.3 Å². The number of hydrogen-bond donors (Lipinski definition) is 2. The first-order valence-electron chi connectivity index (χ1n) is 7.08. The number of hydrogen-bond acceptors (Lipinski definition) is 6. The van der Waals surface area contributed by atoms with Gasteiger partial charge in [-0.3, -0.25) is 5.32 Å². The van der Waals surface area contributed by atoms with Crippen LogP contribution in [0.4, 0.5) is 15.6 Å². The van der Waals surface area contributed by atoms with Crippen LogP contribution in [-0.4, -0.2) is 23.1 Å². The van der Waals surface area contributed by atoms with Gasteiger partial charge in [-0.25, -0.2) is 14.8 Å². The number of anilines is 2. The molecule has 0 unspecified atom stereocenters. The van der Waals surface area contributed by atoms with Gasteiger partial charge >= 0.3 is 6.03 Å². The molecule has 2 N–H and O–H groups in total. The standard InChI is InChI=1S/C15H16N4O3S/c1-3-9-8-23-15(17-9)19-14(20)16-10-4-5-12-11(6-10)18-13(22-12)7-21-2/h4-6,8H,3,7H2,1-2H3,(H2,16,17,19,20). The number of ether oxygens (including phenoxy) is 1. The number of carbonyl (C=O) groups is 1.